The molecular weight excluding hydrogens is 558 g/mol. The van der Waals surface area contributed by atoms with E-state index >= 15 is 0 Å². The topological polar surface area (TPSA) is 33.6 Å². The Labute approximate surface area is 266 Å². The average molecular weight is 586 g/mol. The molecule has 0 amide bonds. The van der Waals surface area contributed by atoms with Crippen molar-refractivity contribution >= 4 is 43.6 Å². The Morgan fingerprint density at radius 3 is 1.85 bits per heavy atom. The van der Waals surface area contributed by atoms with Gasteiger partial charge in [0, 0.05) is 32.9 Å². The van der Waals surface area contributed by atoms with Crippen LogP contribution >= 0.6 is 0 Å². The summed E-state index contributed by atoms with van der Waals surface area (Å²) in [6.07, 6.45) is 0. The van der Waals surface area contributed by atoms with Crippen molar-refractivity contribution in [1.82, 2.24) is 9.13 Å². The van der Waals surface area contributed by atoms with Gasteiger partial charge in [-0.25, -0.2) is 0 Å². The van der Waals surface area contributed by atoms with Gasteiger partial charge >= 0.3 is 0 Å². The maximum Gasteiger partial charge on any atom is 0.0991 e. The summed E-state index contributed by atoms with van der Waals surface area (Å²) in [5.41, 5.74) is 12.3. The minimum absolute atomic E-state index is 0.656. The number of fused-ring (bicyclic) bond motifs is 6. The first-order chi connectivity index (χ1) is 22.8. The lowest BCUT2D eigenvalue weighted by Gasteiger charge is -2.11. The Balaban J connectivity index is 1.32. The Morgan fingerprint density at radius 2 is 1.04 bits per heavy atom. The van der Waals surface area contributed by atoms with E-state index in [1.54, 1.807) is 0 Å². The van der Waals surface area contributed by atoms with Gasteiger partial charge in [-0.2, -0.15) is 5.26 Å². The number of para-hydroxylation sites is 2. The summed E-state index contributed by atoms with van der Waals surface area (Å²) in [7, 11) is 0. The Bertz CT molecular complexity index is 2620. The van der Waals surface area contributed by atoms with E-state index in [1.807, 2.05) is 24.3 Å². The lowest BCUT2D eigenvalue weighted by molar-refractivity contribution is 1.18. The molecule has 0 radical (unpaired) electrons. The molecule has 0 saturated carbocycles. The molecule has 0 N–H and O–H groups in total. The van der Waals surface area contributed by atoms with Gasteiger partial charge in [0.25, 0.3) is 0 Å². The molecular formula is C43H27N3. The Kier molecular flexibility index (Phi) is 5.88. The van der Waals surface area contributed by atoms with Crippen molar-refractivity contribution in [1.29, 1.82) is 5.26 Å². The first-order valence-electron chi connectivity index (χ1n) is 15.5. The van der Waals surface area contributed by atoms with Crippen LogP contribution in [-0.4, -0.2) is 9.13 Å². The van der Waals surface area contributed by atoms with E-state index in [-0.39, 0.29) is 0 Å². The number of nitrogens with zero attached hydrogens (tertiary/aromatic N) is 3. The number of benzene rings is 7. The number of nitriles is 1. The van der Waals surface area contributed by atoms with Crippen molar-refractivity contribution in [3.8, 4) is 39.7 Å². The number of hydrogen-bond acceptors (Lipinski definition) is 1. The van der Waals surface area contributed by atoms with Gasteiger partial charge in [0.05, 0.1) is 33.7 Å². The second kappa shape index (κ2) is 10.4. The van der Waals surface area contributed by atoms with Crippen LogP contribution in [0.25, 0.3) is 77.2 Å². The second-order valence-corrected chi connectivity index (χ2v) is 11.7. The van der Waals surface area contributed by atoms with Gasteiger partial charge in [-0.1, -0.05) is 97.1 Å². The van der Waals surface area contributed by atoms with Gasteiger partial charge in [0.2, 0.25) is 0 Å². The zero-order valence-corrected chi connectivity index (χ0v) is 24.9. The highest BCUT2D eigenvalue weighted by atomic mass is 15.0. The highest BCUT2D eigenvalue weighted by Crippen LogP contribution is 2.41. The number of aromatic nitrogens is 2. The van der Waals surface area contributed by atoms with Crippen LogP contribution in [-0.2, 0) is 0 Å². The van der Waals surface area contributed by atoms with E-state index in [1.165, 1.54) is 54.8 Å². The summed E-state index contributed by atoms with van der Waals surface area (Å²) in [6, 6.07) is 60.3. The minimum Gasteiger partial charge on any atom is -0.309 e. The summed E-state index contributed by atoms with van der Waals surface area (Å²) >= 11 is 0. The fraction of sp³-hybridized carbons (Fsp3) is 0. The standard InChI is InChI=1S/C43H27N3/c44-28-29-18-22-34(23-19-29)45-39-16-8-7-14-37(39)43-35(15-9-17-41(43)45)32-20-24-36-38-26-31(30-10-3-1-4-11-30)21-25-40(38)46(42(36)27-32)33-12-5-2-6-13-33/h1-27H. The number of rotatable bonds is 4. The van der Waals surface area contributed by atoms with Gasteiger partial charge < -0.3 is 9.13 Å². The van der Waals surface area contributed by atoms with Crippen LogP contribution in [0.3, 0.4) is 0 Å². The van der Waals surface area contributed by atoms with Crippen LogP contribution < -0.4 is 0 Å². The molecule has 0 atom stereocenters. The third-order valence-electron chi connectivity index (χ3n) is 9.15. The van der Waals surface area contributed by atoms with E-state index in [9.17, 15) is 5.26 Å². The molecule has 214 valence electrons. The van der Waals surface area contributed by atoms with Crippen LogP contribution in [0.1, 0.15) is 5.56 Å². The Morgan fingerprint density at radius 1 is 0.391 bits per heavy atom. The fourth-order valence-electron chi connectivity index (χ4n) is 7.08. The van der Waals surface area contributed by atoms with Gasteiger partial charge in [-0.05, 0) is 89.0 Å². The molecule has 3 heteroatoms. The second-order valence-electron chi connectivity index (χ2n) is 11.7. The largest absolute Gasteiger partial charge is 0.309 e. The predicted octanol–water partition coefficient (Wildman–Crippen LogP) is 11.1. The maximum atomic E-state index is 9.39. The minimum atomic E-state index is 0.656. The lowest BCUT2D eigenvalue weighted by Crippen LogP contribution is -1.94. The quantitative estimate of drug-likeness (QED) is 0.202. The van der Waals surface area contributed by atoms with Crippen molar-refractivity contribution in [3.05, 3.63) is 169 Å². The summed E-state index contributed by atoms with van der Waals surface area (Å²) in [5.74, 6) is 0. The van der Waals surface area contributed by atoms with Crippen LogP contribution in [0.15, 0.2) is 164 Å². The molecule has 0 aliphatic rings. The smallest absolute Gasteiger partial charge is 0.0991 e. The molecule has 2 aromatic heterocycles. The monoisotopic (exact) mass is 585 g/mol. The third kappa shape index (κ3) is 3.98. The van der Waals surface area contributed by atoms with Crippen molar-refractivity contribution < 1.29 is 0 Å². The first kappa shape index (κ1) is 26.1. The predicted molar refractivity (Wildman–Crippen MR) is 191 cm³/mol. The molecule has 0 bridgehead atoms. The zero-order valence-electron chi connectivity index (χ0n) is 24.9. The highest BCUT2D eigenvalue weighted by molar-refractivity contribution is 6.17. The highest BCUT2D eigenvalue weighted by Gasteiger charge is 2.18. The maximum absolute atomic E-state index is 9.39. The molecule has 9 rings (SSSR count). The van der Waals surface area contributed by atoms with Crippen LogP contribution in [0.4, 0.5) is 0 Å². The molecule has 0 aliphatic heterocycles. The molecule has 0 unspecified atom stereocenters. The molecule has 7 aromatic carbocycles. The van der Waals surface area contributed by atoms with E-state index in [4.69, 9.17) is 0 Å². The normalized spacial score (nSPS) is 11.5. The molecule has 0 aliphatic carbocycles. The van der Waals surface area contributed by atoms with E-state index in [0.717, 1.165) is 22.4 Å². The van der Waals surface area contributed by atoms with E-state index < -0.39 is 0 Å². The third-order valence-corrected chi connectivity index (χ3v) is 9.15. The fourth-order valence-corrected chi connectivity index (χ4v) is 7.08. The molecule has 3 nitrogen and oxygen atoms in total. The first-order valence-corrected chi connectivity index (χ1v) is 15.5. The molecule has 2 heterocycles. The molecule has 0 saturated heterocycles. The van der Waals surface area contributed by atoms with Crippen molar-refractivity contribution in [2.75, 3.05) is 0 Å². The zero-order chi connectivity index (χ0) is 30.6. The van der Waals surface area contributed by atoms with Crippen molar-refractivity contribution in [3.63, 3.8) is 0 Å². The Hall–Kier alpha value is -6.37. The van der Waals surface area contributed by atoms with Crippen LogP contribution in [0, 0.1) is 11.3 Å². The average Bonchev–Trinajstić information content (AvgIpc) is 3.64. The lowest BCUT2D eigenvalue weighted by atomic mass is 9.98. The van der Waals surface area contributed by atoms with Gasteiger partial charge in [-0.15, -0.1) is 0 Å². The summed E-state index contributed by atoms with van der Waals surface area (Å²) in [5, 5.41) is 14.3. The summed E-state index contributed by atoms with van der Waals surface area (Å²) in [4.78, 5) is 0. The van der Waals surface area contributed by atoms with Crippen LogP contribution in [0.5, 0.6) is 0 Å². The van der Waals surface area contributed by atoms with E-state index in [2.05, 4.69) is 155 Å². The van der Waals surface area contributed by atoms with Crippen LogP contribution in [0.2, 0.25) is 0 Å². The van der Waals surface area contributed by atoms with Gasteiger partial charge in [-0.3, -0.25) is 0 Å². The SMILES string of the molecule is N#Cc1ccc(-n2c3ccccc3c3c(-c4ccc5c6cc(-c7ccccc7)ccc6n(-c6ccccc6)c5c4)cccc32)cc1. The van der Waals surface area contributed by atoms with Gasteiger partial charge in [0.1, 0.15) is 0 Å². The van der Waals surface area contributed by atoms with Gasteiger partial charge in [0.15, 0.2) is 0 Å². The summed E-state index contributed by atoms with van der Waals surface area (Å²) < 4.78 is 4.70. The van der Waals surface area contributed by atoms with E-state index in [0.29, 0.717) is 5.56 Å². The molecule has 0 fully saturated rings. The molecule has 46 heavy (non-hydrogen) atoms. The number of hydrogen-bond donors (Lipinski definition) is 0. The molecule has 0 spiro atoms. The van der Waals surface area contributed by atoms with Crippen molar-refractivity contribution in [2.45, 2.75) is 0 Å². The van der Waals surface area contributed by atoms with Crippen molar-refractivity contribution in [2.24, 2.45) is 0 Å². The molecule has 9 aromatic rings. The summed E-state index contributed by atoms with van der Waals surface area (Å²) in [6.45, 7) is 0.